The SMILES string of the molecule is COCC(C)(NC(=O)C1CC=CC1)C(=O)O. The van der Waals surface area contributed by atoms with E-state index in [2.05, 4.69) is 5.32 Å². The van der Waals surface area contributed by atoms with Crippen molar-refractivity contribution >= 4 is 11.9 Å². The van der Waals surface area contributed by atoms with Crippen molar-refractivity contribution in [3.63, 3.8) is 0 Å². The topological polar surface area (TPSA) is 75.6 Å². The molecule has 1 unspecified atom stereocenters. The van der Waals surface area contributed by atoms with Crippen LogP contribution in [-0.4, -0.2) is 36.2 Å². The van der Waals surface area contributed by atoms with Gasteiger partial charge in [0.25, 0.3) is 0 Å². The Morgan fingerprint density at radius 2 is 2.06 bits per heavy atom. The van der Waals surface area contributed by atoms with Crippen LogP contribution in [0.3, 0.4) is 0 Å². The molecule has 90 valence electrons. The molecule has 0 heterocycles. The number of hydrogen-bond acceptors (Lipinski definition) is 3. The second kappa shape index (κ2) is 5.12. The summed E-state index contributed by atoms with van der Waals surface area (Å²) in [6.45, 7) is 1.40. The molecule has 1 atom stereocenters. The van der Waals surface area contributed by atoms with Crippen LogP contribution < -0.4 is 5.32 Å². The third-order valence-electron chi connectivity index (χ3n) is 2.68. The van der Waals surface area contributed by atoms with Gasteiger partial charge in [0.1, 0.15) is 0 Å². The second-order valence-corrected chi connectivity index (χ2v) is 4.20. The zero-order valence-electron chi connectivity index (χ0n) is 9.53. The van der Waals surface area contributed by atoms with Crippen LogP contribution in [0.25, 0.3) is 0 Å². The minimum Gasteiger partial charge on any atom is -0.479 e. The fourth-order valence-electron chi connectivity index (χ4n) is 1.65. The maximum Gasteiger partial charge on any atom is 0.331 e. The number of methoxy groups -OCH3 is 1. The normalized spacial score (nSPS) is 19.4. The Bertz CT molecular complexity index is 305. The summed E-state index contributed by atoms with van der Waals surface area (Å²) in [7, 11) is 1.41. The molecule has 2 N–H and O–H groups in total. The molecule has 0 radical (unpaired) electrons. The first kappa shape index (κ1) is 12.7. The van der Waals surface area contributed by atoms with Gasteiger partial charge in [-0.25, -0.2) is 4.79 Å². The molecule has 1 aliphatic rings. The summed E-state index contributed by atoms with van der Waals surface area (Å²) < 4.78 is 4.82. The van der Waals surface area contributed by atoms with Gasteiger partial charge in [0.15, 0.2) is 5.54 Å². The zero-order valence-corrected chi connectivity index (χ0v) is 9.53. The van der Waals surface area contributed by atoms with Crippen LogP contribution in [0, 0.1) is 5.92 Å². The first-order valence-electron chi connectivity index (χ1n) is 5.19. The Hall–Kier alpha value is -1.36. The minimum absolute atomic E-state index is 0.0474. The number of nitrogens with one attached hydrogen (secondary N) is 1. The molecule has 0 aromatic rings. The van der Waals surface area contributed by atoms with Gasteiger partial charge < -0.3 is 15.2 Å². The van der Waals surface area contributed by atoms with E-state index in [1.165, 1.54) is 14.0 Å². The summed E-state index contributed by atoms with van der Waals surface area (Å²) in [5.74, 6) is -1.46. The van der Waals surface area contributed by atoms with Crippen LogP contribution in [0.2, 0.25) is 0 Å². The number of rotatable bonds is 5. The molecule has 0 saturated carbocycles. The predicted molar refractivity (Wildman–Crippen MR) is 57.9 cm³/mol. The number of carboxylic acids is 1. The number of carbonyl (C=O) groups excluding carboxylic acids is 1. The van der Waals surface area contributed by atoms with Crippen molar-refractivity contribution < 1.29 is 19.4 Å². The zero-order chi connectivity index (χ0) is 12.2. The fourth-order valence-corrected chi connectivity index (χ4v) is 1.65. The highest BCUT2D eigenvalue weighted by Crippen LogP contribution is 2.19. The lowest BCUT2D eigenvalue weighted by atomic mass is 10.0. The van der Waals surface area contributed by atoms with E-state index in [-0.39, 0.29) is 18.4 Å². The standard InChI is InChI=1S/C11H17NO4/c1-11(7-16-2,10(14)15)12-9(13)8-5-3-4-6-8/h3-4,8H,5-7H2,1-2H3,(H,12,13)(H,14,15). The van der Waals surface area contributed by atoms with Gasteiger partial charge in [0.05, 0.1) is 6.61 Å². The van der Waals surface area contributed by atoms with Crippen LogP contribution in [0.5, 0.6) is 0 Å². The third kappa shape index (κ3) is 2.82. The smallest absolute Gasteiger partial charge is 0.331 e. The molecule has 0 aromatic carbocycles. The van der Waals surface area contributed by atoms with Crippen LogP contribution in [0.15, 0.2) is 12.2 Å². The lowest BCUT2D eigenvalue weighted by molar-refractivity contribution is -0.149. The van der Waals surface area contributed by atoms with Crippen LogP contribution >= 0.6 is 0 Å². The van der Waals surface area contributed by atoms with Gasteiger partial charge in [-0.15, -0.1) is 0 Å². The summed E-state index contributed by atoms with van der Waals surface area (Å²) >= 11 is 0. The van der Waals surface area contributed by atoms with Crippen molar-refractivity contribution in [2.24, 2.45) is 5.92 Å². The van der Waals surface area contributed by atoms with Gasteiger partial charge in [-0.2, -0.15) is 0 Å². The molecule has 0 aromatic heterocycles. The quantitative estimate of drug-likeness (QED) is 0.673. The minimum atomic E-state index is -1.35. The lowest BCUT2D eigenvalue weighted by Gasteiger charge is -2.26. The molecule has 0 spiro atoms. The molecule has 0 aliphatic heterocycles. The number of amides is 1. The average molecular weight is 227 g/mol. The Morgan fingerprint density at radius 3 is 2.50 bits per heavy atom. The highest BCUT2D eigenvalue weighted by Gasteiger charge is 2.36. The summed E-state index contributed by atoms with van der Waals surface area (Å²) in [5.41, 5.74) is -1.35. The van der Waals surface area contributed by atoms with E-state index >= 15 is 0 Å². The van der Waals surface area contributed by atoms with Crippen molar-refractivity contribution in [3.8, 4) is 0 Å². The summed E-state index contributed by atoms with van der Waals surface area (Å²) in [6.07, 6.45) is 5.21. The average Bonchev–Trinajstić information content (AvgIpc) is 2.70. The van der Waals surface area contributed by atoms with Gasteiger partial charge in [-0.05, 0) is 19.8 Å². The van der Waals surface area contributed by atoms with Crippen LogP contribution in [0.1, 0.15) is 19.8 Å². The van der Waals surface area contributed by atoms with Gasteiger partial charge in [0, 0.05) is 13.0 Å². The Kier molecular flexibility index (Phi) is 4.06. The summed E-state index contributed by atoms with van der Waals surface area (Å²) in [6, 6.07) is 0. The van der Waals surface area contributed by atoms with E-state index in [0.29, 0.717) is 12.8 Å². The third-order valence-corrected chi connectivity index (χ3v) is 2.68. The highest BCUT2D eigenvalue weighted by molar-refractivity contribution is 5.88. The van der Waals surface area contributed by atoms with Crippen molar-refractivity contribution in [1.82, 2.24) is 5.32 Å². The van der Waals surface area contributed by atoms with E-state index in [4.69, 9.17) is 9.84 Å². The van der Waals surface area contributed by atoms with E-state index in [9.17, 15) is 9.59 Å². The van der Waals surface area contributed by atoms with Crippen molar-refractivity contribution in [2.45, 2.75) is 25.3 Å². The maximum absolute atomic E-state index is 11.8. The van der Waals surface area contributed by atoms with Crippen molar-refractivity contribution in [2.75, 3.05) is 13.7 Å². The Morgan fingerprint density at radius 1 is 1.50 bits per heavy atom. The molecule has 1 amide bonds. The number of carboxylic acid groups (broad SMARTS) is 1. The Balaban J connectivity index is 2.61. The van der Waals surface area contributed by atoms with Crippen LogP contribution in [0.4, 0.5) is 0 Å². The summed E-state index contributed by atoms with van der Waals surface area (Å²) in [4.78, 5) is 22.8. The van der Waals surface area contributed by atoms with Gasteiger partial charge in [-0.1, -0.05) is 12.2 Å². The molecular formula is C11H17NO4. The first-order valence-corrected chi connectivity index (χ1v) is 5.19. The molecular weight excluding hydrogens is 210 g/mol. The molecule has 1 aliphatic carbocycles. The van der Waals surface area contributed by atoms with E-state index in [1.807, 2.05) is 12.2 Å². The molecule has 0 fully saturated rings. The number of aliphatic carboxylic acids is 1. The highest BCUT2D eigenvalue weighted by atomic mass is 16.5. The van der Waals surface area contributed by atoms with E-state index in [0.717, 1.165) is 0 Å². The Labute approximate surface area is 94.5 Å². The van der Waals surface area contributed by atoms with Gasteiger partial charge in [0.2, 0.25) is 5.91 Å². The number of carbonyl (C=O) groups is 2. The van der Waals surface area contributed by atoms with Crippen LogP contribution in [-0.2, 0) is 14.3 Å². The van der Waals surface area contributed by atoms with Crippen molar-refractivity contribution in [3.05, 3.63) is 12.2 Å². The lowest BCUT2D eigenvalue weighted by Crippen LogP contribution is -2.56. The van der Waals surface area contributed by atoms with Gasteiger partial charge in [-0.3, -0.25) is 4.79 Å². The van der Waals surface area contributed by atoms with E-state index in [1.54, 1.807) is 0 Å². The predicted octanol–water partition coefficient (Wildman–Crippen LogP) is 0.558. The number of ether oxygens (including phenoxy) is 1. The summed E-state index contributed by atoms with van der Waals surface area (Å²) in [5, 5.41) is 11.6. The molecule has 0 saturated heterocycles. The molecule has 5 heteroatoms. The first-order chi connectivity index (χ1) is 7.49. The number of allylic oxidation sites excluding steroid dienone is 2. The molecule has 16 heavy (non-hydrogen) atoms. The molecule has 0 bridgehead atoms. The molecule has 5 nitrogen and oxygen atoms in total. The monoisotopic (exact) mass is 227 g/mol. The second-order valence-electron chi connectivity index (χ2n) is 4.20. The fraction of sp³-hybridized carbons (Fsp3) is 0.636. The van der Waals surface area contributed by atoms with Crippen molar-refractivity contribution in [1.29, 1.82) is 0 Å². The van der Waals surface area contributed by atoms with Gasteiger partial charge >= 0.3 is 5.97 Å². The number of hydrogen-bond donors (Lipinski definition) is 2. The largest absolute Gasteiger partial charge is 0.479 e. The maximum atomic E-state index is 11.8. The van der Waals surface area contributed by atoms with E-state index < -0.39 is 11.5 Å². The molecule has 1 rings (SSSR count).